The summed E-state index contributed by atoms with van der Waals surface area (Å²) in [4.78, 5) is 30.7. The number of piperidine rings is 1. The quantitative estimate of drug-likeness (QED) is 0.790. The first kappa shape index (κ1) is 17.8. The Hall–Kier alpha value is -1.96. The Morgan fingerprint density at radius 1 is 1.28 bits per heavy atom. The van der Waals surface area contributed by atoms with E-state index in [1.807, 2.05) is 11.8 Å². The third-order valence-corrected chi connectivity index (χ3v) is 4.85. The summed E-state index contributed by atoms with van der Waals surface area (Å²) in [5, 5.41) is 6.83. The van der Waals surface area contributed by atoms with E-state index in [-0.39, 0.29) is 29.7 Å². The summed E-state index contributed by atoms with van der Waals surface area (Å²) < 4.78 is 10.2. The topological polar surface area (TPSA) is 97.6 Å². The first-order valence-electron chi connectivity index (χ1n) is 8.99. The molecule has 1 atom stereocenters. The number of amides is 2. The van der Waals surface area contributed by atoms with Gasteiger partial charge in [0.25, 0.3) is 0 Å². The Morgan fingerprint density at radius 2 is 2.00 bits per heavy atom. The number of nitrogens with one attached hydrogen (secondary N) is 1. The Morgan fingerprint density at radius 3 is 2.64 bits per heavy atom. The summed E-state index contributed by atoms with van der Waals surface area (Å²) in [6.45, 7) is 3.70. The van der Waals surface area contributed by atoms with E-state index in [0.717, 1.165) is 12.8 Å². The average Bonchev–Trinajstić information content (AvgIpc) is 3.37. The van der Waals surface area contributed by atoms with Crippen LogP contribution in [-0.2, 0) is 20.7 Å². The van der Waals surface area contributed by atoms with E-state index in [2.05, 4.69) is 15.5 Å². The minimum Gasteiger partial charge on any atom is -0.384 e. The highest BCUT2D eigenvalue weighted by Gasteiger charge is 2.36. The number of methoxy groups -OCH3 is 1. The van der Waals surface area contributed by atoms with Crippen LogP contribution in [0.15, 0.2) is 4.52 Å². The van der Waals surface area contributed by atoms with Gasteiger partial charge in [0.1, 0.15) is 6.04 Å². The van der Waals surface area contributed by atoms with Crippen LogP contribution in [-0.4, -0.2) is 53.7 Å². The molecule has 8 heteroatoms. The number of ether oxygens (including phenoxy) is 1. The molecule has 1 saturated carbocycles. The molecule has 0 radical (unpaired) electrons. The first-order chi connectivity index (χ1) is 12.1. The van der Waals surface area contributed by atoms with Crippen molar-refractivity contribution in [2.45, 2.75) is 45.1 Å². The number of likely N-dealkylation sites (tertiary alicyclic amines) is 1. The van der Waals surface area contributed by atoms with Crippen LogP contribution in [0.3, 0.4) is 0 Å². The number of nitrogens with zero attached hydrogens (tertiary/aromatic N) is 3. The first-order valence-corrected chi connectivity index (χ1v) is 8.99. The summed E-state index contributed by atoms with van der Waals surface area (Å²) in [5.41, 5.74) is 0. The second kappa shape index (κ2) is 7.95. The van der Waals surface area contributed by atoms with Crippen LogP contribution >= 0.6 is 0 Å². The largest absolute Gasteiger partial charge is 0.384 e. The number of rotatable bonds is 7. The maximum Gasteiger partial charge on any atom is 0.248 e. The van der Waals surface area contributed by atoms with E-state index in [9.17, 15) is 9.59 Å². The van der Waals surface area contributed by atoms with E-state index in [1.54, 1.807) is 7.11 Å². The van der Waals surface area contributed by atoms with Crippen LogP contribution in [0.1, 0.15) is 50.4 Å². The van der Waals surface area contributed by atoms with E-state index >= 15 is 0 Å². The normalized spacial score (nSPS) is 19.7. The van der Waals surface area contributed by atoms with Crippen molar-refractivity contribution < 1.29 is 18.8 Å². The van der Waals surface area contributed by atoms with Gasteiger partial charge in [0.15, 0.2) is 5.82 Å². The van der Waals surface area contributed by atoms with Gasteiger partial charge in [0, 0.05) is 38.5 Å². The smallest absolute Gasteiger partial charge is 0.248 e. The molecule has 1 N–H and O–H groups in total. The molecule has 1 aliphatic heterocycles. The van der Waals surface area contributed by atoms with Gasteiger partial charge in [-0.25, -0.2) is 0 Å². The highest BCUT2D eigenvalue weighted by Crippen LogP contribution is 2.32. The molecule has 8 nitrogen and oxygen atoms in total. The second-order valence-electron chi connectivity index (χ2n) is 6.90. The predicted molar refractivity (Wildman–Crippen MR) is 88.5 cm³/mol. The van der Waals surface area contributed by atoms with Crippen molar-refractivity contribution in [2.24, 2.45) is 11.8 Å². The highest BCUT2D eigenvalue weighted by atomic mass is 16.5. The fourth-order valence-electron chi connectivity index (χ4n) is 3.08. The summed E-state index contributed by atoms with van der Waals surface area (Å²) in [6, 6.07) is -0.331. The summed E-state index contributed by atoms with van der Waals surface area (Å²) >= 11 is 0. The molecule has 1 aromatic rings. The number of aromatic nitrogens is 2. The zero-order chi connectivity index (χ0) is 17.8. The molecule has 1 saturated heterocycles. The molecule has 1 aromatic heterocycles. The average molecular weight is 350 g/mol. The zero-order valence-corrected chi connectivity index (χ0v) is 14.9. The predicted octanol–water partition coefficient (Wildman–Crippen LogP) is 1.08. The third kappa shape index (κ3) is 4.56. The second-order valence-corrected chi connectivity index (χ2v) is 6.90. The fourth-order valence-corrected chi connectivity index (χ4v) is 3.08. The lowest BCUT2D eigenvalue weighted by Crippen LogP contribution is -2.44. The van der Waals surface area contributed by atoms with Crippen molar-refractivity contribution in [3.63, 3.8) is 0 Å². The van der Waals surface area contributed by atoms with Crippen LogP contribution in [0, 0.1) is 11.8 Å². The van der Waals surface area contributed by atoms with Crippen molar-refractivity contribution in [2.75, 3.05) is 26.8 Å². The van der Waals surface area contributed by atoms with Gasteiger partial charge in [-0.3, -0.25) is 9.59 Å². The molecule has 0 bridgehead atoms. The van der Waals surface area contributed by atoms with E-state index < -0.39 is 0 Å². The molecular weight excluding hydrogens is 324 g/mol. The number of hydrogen-bond donors (Lipinski definition) is 1. The molecule has 3 rings (SSSR count). The van der Waals surface area contributed by atoms with Gasteiger partial charge in [0.2, 0.25) is 17.7 Å². The minimum atomic E-state index is -0.331. The Balaban J connectivity index is 1.45. The maximum absolute atomic E-state index is 12.5. The van der Waals surface area contributed by atoms with Crippen LogP contribution in [0.5, 0.6) is 0 Å². The Kier molecular flexibility index (Phi) is 5.67. The van der Waals surface area contributed by atoms with Crippen molar-refractivity contribution in [3.05, 3.63) is 11.7 Å². The van der Waals surface area contributed by atoms with Gasteiger partial charge in [-0.05, 0) is 32.6 Å². The fraction of sp³-hybridized carbons (Fsp3) is 0.765. The molecule has 2 heterocycles. The monoisotopic (exact) mass is 350 g/mol. The highest BCUT2D eigenvalue weighted by molar-refractivity contribution is 5.82. The van der Waals surface area contributed by atoms with E-state index in [0.29, 0.717) is 50.7 Å². The van der Waals surface area contributed by atoms with Crippen LogP contribution in [0.25, 0.3) is 0 Å². The van der Waals surface area contributed by atoms with Crippen LogP contribution in [0.4, 0.5) is 0 Å². The Bertz CT molecular complexity index is 606. The van der Waals surface area contributed by atoms with Gasteiger partial charge in [-0.1, -0.05) is 5.16 Å². The summed E-state index contributed by atoms with van der Waals surface area (Å²) in [6.07, 6.45) is 4.04. The zero-order valence-electron chi connectivity index (χ0n) is 14.9. The standard InChI is InChI=1S/C17H26N4O4/c1-11(16-19-14(20-25-16)7-10-24-2)18-15(22)12-5-8-21(9-6-12)17(23)13-3-4-13/h11-13H,3-10H2,1-2H3,(H,18,22)/t11-/m0/s1. The molecule has 138 valence electrons. The number of carbonyl (C=O) groups excluding carboxylic acids is 2. The lowest BCUT2D eigenvalue weighted by atomic mass is 9.95. The molecule has 1 aliphatic carbocycles. The minimum absolute atomic E-state index is 0.0114. The number of carbonyl (C=O) groups is 2. The lowest BCUT2D eigenvalue weighted by Gasteiger charge is -2.31. The number of hydrogen-bond acceptors (Lipinski definition) is 6. The summed E-state index contributed by atoms with van der Waals surface area (Å²) in [5.74, 6) is 1.41. The molecular formula is C17H26N4O4. The molecule has 0 aromatic carbocycles. The molecule has 2 fully saturated rings. The summed E-state index contributed by atoms with van der Waals surface area (Å²) in [7, 11) is 1.62. The third-order valence-electron chi connectivity index (χ3n) is 4.85. The van der Waals surface area contributed by atoms with Gasteiger partial charge in [0.05, 0.1) is 6.61 Å². The van der Waals surface area contributed by atoms with E-state index in [1.165, 1.54) is 0 Å². The van der Waals surface area contributed by atoms with Crippen molar-refractivity contribution in [1.29, 1.82) is 0 Å². The van der Waals surface area contributed by atoms with Crippen LogP contribution < -0.4 is 5.32 Å². The molecule has 2 amide bonds. The van der Waals surface area contributed by atoms with E-state index in [4.69, 9.17) is 9.26 Å². The molecule has 0 unspecified atom stereocenters. The molecule has 0 spiro atoms. The SMILES string of the molecule is COCCc1noc([C@H](C)NC(=O)C2CCN(C(=O)C3CC3)CC2)n1. The Labute approximate surface area is 147 Å². The van der Waals surface area contributed by atoms with Gasteiger partial charge in [-0.15, -0.1) is 0 Å². The van der Waals surface area contributed by atoms with Crippen molar-refractivity contribution >= 4 is 11.8 Å². The van der Waals surface area contributed by atoms with Crippen molar-refractivity contribution in [3.8, 4) is 0 Å². The van der Waals surface area contributed by atoms with Gasteiger partial charge < -0.3 is 19.5 Å². The van der Waals surface area contributed by atoms with Crippen molar-refractivity contribution in [1.82, 2.24) is 20.4 Å². The molecule has 2 aliphatic rings. The van der Waals surface area contributed by atoms with Crippen LogP contribution in [0.2, 0.25) is 0 Å². The van der Waals surface area contributed by atoms with Gasteiger partial charge >= 0.3 is 0 Å². The maximum atomic E-state index is 12.5. The van der Waals surface area contributed by atoms with Gasteiger partial charge in [-0.2, -0.15) is 4.98 Å². The molecule has 25 heavy (non-hydrogen) atoms. The lowest BCUT2D eigenvalue weighted by molar-refractivity contribution is -0.136.